The first-order valence-electron chi connectivity index (χ1n) is 2.66. The SMILES string of the molecule is COC(C)CNC(=S)S. The van der Waals surface area contributed by atoms with Gasteiger partial charge in [-0.3, -0.25) is 0 Å². The van der Waals surface area contributed by atoms with E-state index in [1.165, 1.54) is 0 Å². The Balaban J connectivity index is 3.16. The average molecular weight is 165 g/mol. The van der Waals surface area contributed by atoms with Crippen LogP contribution in [0.15, 0.2) is 0 Å². The fourth-order valence-corrected chi connectivity index (χ4v) is 0.489. The number of methoxy groups -OCH3 is 1. The average Bonchev–Trinajstić information content (AvgIpc) is 1.83. The fraction of sp³-hybridized carbons (Fsp3) is 0.800. The Morgan fingerprint density at radius 1 is 1.89 bits per heavy atom. The van der Waals surface area contributed by atoms with E-state index in [0.29, 0.717) is 4.32 Å². The molecule has 2 nitrogen and oxygen atoms in total. The molecule has 54 valence electrons. The molecule has 0 saturated carbocycles. The van der Waals surface area contributed by atoms with E-state index in [4.69, 9.17) is 4.74 Å². The number of nitrogens with one attached hydrogen (secondary N) is 1. The first-order valence-corrected chi connectivity index (χ1v) is 3.52. The summed E-state index contributed by atoms with van der Waals surface area (Å²) in [6.45, 7) is 2.68. The summed E-state index contributed by atoms with van der Waals surface area (Å²) in [4.78, 5) is 0. The topological polar surface area (TPSA) is 21.3 Å². The normalized spacial score (nSPS) is 12.8. The van der Waals surface area contributed by atoms with Gasteiger partial charge in [0.15, 0.2) is 0 Å². The van der Waals surface area contributed by atoms with Gasteiger partial charge in [-0.1, -0.05) is 12.2 Å². The summed E-state index contributed by atoms with van der Waals surface area (Å²) in [5.41, 5.74) is 0. The summed E-state index contributed by atoms with van der Waals surface area (Å²) in [6, 6.07) is 0. The third-order valence-electron chi connectivity index (χ3n) is 0.943. The zero-order valence-electron chi connectivity index (χ0n) is 5.55. The number of hydrogen-bond donors (Lipinski definition) is 2. The molecule has 0 spiro atoms. The highest BCUT2D eigenvalue weighted by Crippen LogP contribution is 1.85. The van der Waals surface area contributed by atoms with E-state index in [-0.39, 0.29) is 6.10 Å². The Bertz CT molecular complexity index is 97.0. The minimum absolute atomic E-state index is 0.190. The quantitative estimate of drug-likeness (QED) is 0.478. The van der Waals surface area contributed by atoms with Crippen molar-refractivity contribution in [3.05, 3.63) is 0 Å². The molecule has 4 heteroatoms. The first kappa shape index (κ1) is 9.20. The van der Waals surface area contributed by atoms with Crippen LogP contribution in [0.3, 0.4) is 0 Å². The van der Waals surface area contributed by atoms with Gasteiger partial charge < -0.3 is 10.1 Å². The summed E-state index contributed by atoms with van der Waals surface area (Å²) in [6.07, 6.45) is 0.190. The maximum Gasteiger partial charge on any atom is 0.130 e. The highest BCUT2D eigenvalue weighted by atomic mass is 32.1. The standard InChI is InChI=1S/C5H11NOS2/c1-4(7-2)3-6-5(8)9/h4H,3H2,1-2H3,(H2,6,8,9). The molecule has 0 saturated heterocycles. The predicted molar refractivity (Wildman–Crippen MR) is 46.1 cm³/mol. The fourth-order valence-electron chi connectivity index (χ4n) is 0.314. The van der Waals surface area contributed by atoms with E-state index < -0.39 is 0 Å². The molecule has 0 amide bonds. The van der Waals surface area contributed by atoms with Crippen molar-refractivity contribution in [3.63, 3.8) is 0 Å². The van der Waals surface area contributed by atoms with E-state index >= 15 is 0 Å². The molecule has 0 radical (unpaired) electrons. The summed E-state index contributed by atoms with van der Waals surface area (Å²) in [7, 11) is 1.66. The number of hydrogen-bond acceptors (Lipinski definition) is 2. The van der Waals surface area contributed by atoms with Crippen molar-refractivity contribution in [3.8, 4) is 0 Å². The van der Waals surface area contributed by atoms with Gasteiger partial charge in [0.2, 0.25) is 0 Å². The van der Waals surface area contributed by atoms with Crippen LogP contribution in [0.5, 0.6) is 0 Å². The van der Waals surface area contributed by atoms with Crippen LogP contribution in [-0.4, -0.2) is 24.1 Å². The summed E-state index contributed by atoms with van der Waals surface area (Å²) < 4.78 is 5.46. The zero-order chi connectivity index (χ0) is 7.28. The third kappa shape index (κ3) is 6.08. The van der Waals surface area contributed by atoms with Crippen LogP contribution in [0.25, 0.3) is 0 Å². The predicted octanol–water partition coefficient (Wildman–Crippen LogP) is 0.826. The smallest absolute Gasteiger partial charge is 0.130 e. The summed E-state index contributed by atoms with van der Waals surface area (Å²) >= 11 is 8.54. The van der Waals surface area contributed by atoms with Crippen molar-refractivity contribution in [2.75, 3.05) is 13.7 Å². The third-order valence-corrected chi connectivity index (χ3v) is 1.25. The van der Waals surface area contributed by atoms with Crippen LogP contribution >= 0.6 is 24.8 Å². The van der Waals surface area contributed by atoms with Gasteiger partial charge in [0.25, 0.3) is 0 Å². The van der Waals surface area contributed by atoms with Crippen LogP contribution in [0, 0.1) is 0 Å². The van der Waals surface area contributed by atoms with Crippen molar-refractivity contribution in [1.82, 2.24) is 5.32 Å². The van der Waals surface area contributed by atoms with Gasteiger partial charge >= 0.3 is 0 Å². The Labute approximate surface area is 66.4 Å². The van der Waals surface area contributed by atoms with Gasteiger partial charge in [0, 0.05) is 13.7 Å². The minimum Gasteiger partial charge on any atom is -0.380 e. The highest BCUT2D eigenvalue weighted by Gasteiger charge is 1.96. The second-order valence-electron chi connectivity index (χ2n) is 1.73. The molecule has 9 heavy (non-hydrogen) atoms. The second-order valence-corrected chi connectivity index (χ2v) is 2.89. The molecular weight excluding hydrogens is 154 g/mol. The van der Waals surface area contributed by atoms with Crippen LogP contribution in [-0.2, 0) is 4.74 Å². The van der Waals surface area contributed by atoms with Crippen molar-refractivity contribution < 1.29 is 4.74 Å². The maximum absolute atomic E-state index is 4.94. The van der Waals surface area contributed by atoms with Gasteiger partial charge in [-0.2, -0.15) is 0 Å². The number of rotatable bonds is 3. The molecule has 0 aliphatic rings. The van der Waals surface area contributed by atoms with Gasteiger partial charge in [0.05, 0.1) is 6.10 Å². The number of thiol groups is 1. The van der Waals surface area contributed by atoms with Crippen LogP contribution in [0.4, 0.5) is 0 Å². The molecular formula is C5H11NOS2. The Kier molecular flexibility index (Phi) is 5.13. The Hall–Kier alpha value is 0.200. The lowest BCUT2D eigenvalue weighted by Gasteiger charge is -2.09. The first-order chi connectivity index (χ1) is 4.16. The summed E-state index contributed by atoms with van der Waals surface area (Å²) in [5.74, 6) is 0. The molecule has 0 bridgehead atoms. The molecule has 0 aliphatic heterocycles. The number of thiocarbonyl (C=S) groups is 1. The molecule has 0 aromatic carbocycles. The summed E-state index contributed by atoms with van der Waals surface area (Å²) in [5, 5.41) is 2.87. The molecule has 0 aromatic rings. The Morgan fingerprint density at radius 3 is 2.78 bits per heavy atom. The Morgan fingerprint density at radius 2 is 2.44 bits per heavy atom. The van der Waals surface area contributed by atoms with E-state index in [2.05, 4.69) is 30.2 Å². The molecule has 0 rings (SSSR count). The molecule has 0 fully saturated rings. The molecule has 1 unspecified atom stereocenters. The van der Waals surface area contributed by atoms with Gasteiger partial charge in [-0.05, 0) is 6.92 Å². The van der Waals surface area contributed by atoms with Gasteiger partial charge in [0.1, 0.15) is 4.32 Å². The van der Waals surface area contributed by atoms with Crippen molar-refractivity contribution >= 4 is 29.2 Å². The van der Waals surface area contributed by atoms with Crippen molar-refractivity contribution in [1.29, 1.82) is 0 Å². The largest absolute Gasteiger partial charge is 0.380 e. The molecule has 0 aliphatic carbocycles. The lowest BCUT2D eigenvalue weighted by molar-refractivity contribution is 0.122. The molecule has 1 N–H and O–H groups in total. The monoisotopic (exact) mass is 165 g/mol. The lowest BCUT2D eigenvalue weighted by atomic mass is 10.4. The van der Waals surface area contributed by atoms with Gasteiger partial charge in [-0.25, -0.2) is 0 Å². The van der Waals surface area contributed by atoms with E-state index in [1.54, 1.807) is 7.11 Å². The van der Waals surface area contributed by atoms with Crippen molar-refractivity contribution in [2.24, 2.45) is 0 Å². The molecule has 0 heterocycles. The minimum atomic E-state index is 0.190. The second kappa shape index (κ2) is 5.02. The van der Waals surface area contributed by atoms with E-state index in [0.717, 1.165) is 6.54 Å². The molecule has 0 aromatic heterocycles. The van der Waals surface area contributed by atoms with Crippen LogP contribution in [0.2, 0.25) is 0 Å². The van der Waals surface area contributed by atoms with Crippen molar-refractivity contribution in [2.45, 2.75) is 13.0 Å². The lowest BCUT2D eigenvalue weighted by Crippen LogP contribution is -2.27. The number of ether oxygens (including phenoxy) is 1. The van der Waals surface area contributed by atoms with E-state index in [1.807, 2.05) is 6.92 Å². The van der Waals surface area contributed by atoms with Crippen LogP contribution < -0.4 is 5.32 Å². The zero-order valence-corrected chi connectivity index (χ0v) is 7.26. The van der Waals surface area contributed by atoms with Crippen LogP contribution in [0.1, 0.15) is 6.92 Å². The van der Waals surface area contributed by atoms with Gasteiger partial charge in [-0.15, -0.1) is 12.6 Å². The maximum atomic E-state index is 4.94. The van der Waals surface area contributed by atoms with E-state index in [9.17, 15) is 0 Å². The highest BCUT2D eigenvalue weighted by molar-refractivity contribution is 8.11. The molecule has 1 atom stereocenters.